The lowest BCUT2D eigenvalue weighted by atomic mass is 10.0. The van der Waals surface area contributed by atoms with E-state index < -0.39 is 0 Å². The van der Waals surface area contributed by atoms with E-state index in [9.17, 15) is 0 Å². The number of hydrogen-bond acceptors (Lipinski definition) is 7. The highest BCUT2D eigenvalue weighted by atomic mass is 35.5. The van der Waals surface area contributed by atoms with Gasteiger partial charge in [-0.3, -0.25) is 4.90 Å². The van der Waals surface area contributed by atoms with Gasteiger partial charge in [0, 0.05) is 38.9 Å². The lowest BCUT2D eigenvalue weighted by Crippen LogP contribution is -2.37. The Morgan fingerprint density at radius 1 is 1.00 bits per heavy atom. The highest BCUT2D eigenvalue weighted by molar-refractivity contribution is 6.29. The summed E-state index contributed by atoms with van der Waals surface area (Å²) in [6.07, 6.45) is 7.54. The number of aromatic nitrogens is 5. The number of ether oxygens (including phenoxy) is 1. The van der Waals surface area contributed by atoms with Crippen molar-refractivity contribution in [3.63, 3.8) is 0 Å². The molecule has 2 aliphatic rings. The third-order valence-electron chi connectivity index (χ3n) is 5.78. The summed E-state index contributed by atoms with van der Waals surface area (Å²) in [5.41, 5.74) is 2.13. The summed E-state index contributed by atoms with van der Waals surface area (Å²) in [6, 6.07) is 4.26. The Hall–Kier alpha value is -2.29. The van der Waals surface area contributed by atoms with Crippen LogP contribution >= 0.6 is 11.6 Å². The van der Waals surface area contributed by atoms with Crippen molar-refractivity contribution in [1.29, 1.82) is 0 Å². The van der Waals surface area contributed by atoms with Crippen LogP contribution in [0.15, 0.2) is 30.9 Å². The smallest absolute Gasteiger partial charge is 0.163 e. The molecule has 2 aliphatic heterocycles. The monoisotopic (exact) mass is 413 g/mol. The third kappa shape index (κ3) is 3.92. The summed E-state index contributed by atoms with van der Waals surface area (Å²) in [5.74, 6) is 0.970. The average Bonchev–Trinajstić information content (AvgIpc) is 3.21. The van der Waals surface area contributed by atoms with Crippen molar-refractivity contribution in [3.05, 3.63) is 41.6 Å². The number of pyridine rings is 1. The van der Waals surface area contributed by atoms with E-state index in [0.717, 1.165) is 75.6 Å². The minimum atomic E-state index is 0.361. The van der Waals surface area contributed by atoms with Crippen molar-refractivity contribution >= 4 is 28.5 Å². The van der Waals surface area contributed by atoms with E-state index in [2.05, 4.69) is 29.4 Å². The first-order valence-corrected chi connectivity index (χ1v) is 10.5. The molecule has 0 atom stereocenters. The van der Waals surface area contributed by atoms with E-state index >= 15 is 0 Å². The maximum absolute atomic E-state index is 5.88. The Bertz CT molecular complexity index is 963. The number of halogens is 1. The molecule has 0 radical (unpaired) electrons. The van der Waals surface area contributed by atoms with Gasteiger partial charge in [0.15, 0.2) is 5.65 Å². The molecule has 0 aromatic carbocycles. The molecule has 0 unspecified atom stereocenters. The molecule has 0 aliphatic carbocycles. The molecule has 29 heavy (non-hydrogen) atoms. The van der Waals surface area contributed by atoms with Crippen LogP contribution in [0.3, 0.4) is 0 Å². The fraction of sp³-hybridized carbons (Fsp3) is 0.500. The highest BCUT2D eigenvalue weighted by Gasteiger charge is 2.25. The number of hydrogen-bond donors (Lipinski definition) is 0. The number of piperidine rings is 1. The molecule has 8 nitrogen and oxygen atoms in total. The molecule has 3 aromatic rings. The van der Waals surface area contributed by atoms with Gasteiger partial charge in [-0.1, -0.05) is 17.7 Å². The van der Waals surface area contributed by atoms with Crippen molar-refractivity contribution in [2.75, 3.05) is 44.3 Å². The van der Waals surface area contributed by atoms with Gasteiger partial charge in [-0.25, -0.2) is 19.6 Å². The average molecular weight is 414 g/mol. The third-order valence-corrected chi connectivity index (χ3v) is 6.00. The Labute approximate surface area is 174 Å². The van der Waals surface area contributed by atoms with Crippen molar-refractivity contribution < 1.29 is 4.74 Å². The molecule has 152 valence electrons. The second-order valence-electron chi connectivity index (χ2n) is 7.62. The van der Waals surface area contributed by atoms with E-state index in [-0.39, 0.29) is 0 Å². The number of anilines is 1. The largest absolute Gasteiger partial charge is 0.378 e. The number of rotatable bonds is 4. The molecule has 5 heterocycles. The number of fused-ring (bicyclic) bond motifs is 1. The van der Waals surface area contributed by atoms with Gasteiger partial charge < -0.3 is 9.64 Å². The summed E-state index contributed by atoms with van der Waals surface area (Å²) in [7, 11) is 0. The van der Waals surface area contributed by atoms with Crippen molar-refractivity contribution in [3.8, 4) is 0 Å². The minimum Gasteiger partial charge on any atom is -0.378 e. The summed E-state index contributed by atoms with van der Waals surface area (Å²) >= 11 is 5.88. The number of likely N-dealkylation sites (tertiary alicyclic amines) is 1. The molecule has 0 spiro atoms. The van der Waals surface area contributed by atoms with Gasteiger partial charge >= 0.3 is 0 Å². The lowest BCUT2D eigenvalue weighted by Gasteiger charge is -2.32. The van der Waals surface area contributed by atoms with Crippen LogP contribution < -0.4 is 4.90 Å². The van der Waals surface area contributed by atoms with Gasteiger partial charge in [-0.2, -0.15) is 5.10 Å². The van der Waals surface area contributed by atoms with Crippen LogP contribution in [0.1, 0.15) is 24.4 Å². The zero-order valence-electron chi connectivity index (χ0n) is 16.2. The van der Waals surface area contributed by atoms with Crippen LogP contribution in [0.2, 0.25) is 5.15 Å². The molecule has 2 saturated heterocycles. The summed E-state index contributed by atoms with van der Waals surface area (Å²) in [6.45, 7) is 6.14. The van der Waals surface area contributed by atoms with E-state index in [4.69, 9.17) is 21.4 Å². The Morgan fingerprint density at radius 2 is 1.83 bits per heavy atom. The Morgan fingerprint density at radius 3 is 2.59 bits per heavy atom. The predicted octanol–water partition coefficient (Wildman–Crippen LogP) is 2.55. The zero-order valence-corrected chi connectivity index (χ0v) is 17.0. The minimum absolute atomic E-state index is 0.361. The van der Waals surface area contributed by atoms with Gasteiger partial charge in [0.2, 0.25) is 0 Å². The van der Waals surface area contributed by atoms with Gasteiger partial charge in [-0.15, -0.1) is 0 Å². The zero-order chi connectivity index (χ0) is 19.6. The van der Waals surface area contributed by atoms with Crippen molar-refractivity contribution in [1.82, 2.24) is 29.6 Å². The van der Waals surface area contributed by atoms with Crippen LogP contribution in [-0.2, 0) is 11.3 Å². The van der Waals surface area contributed by atoms with Crippen LogP contribution in [-0.4, -0.2) is 69.0 Å². The molecule has 5 rings (SSSR count). The first-order valence-electron chi connectivity index (χ1n) is 10.1. The molecular formula is C20H24ClN7O. The van der Waals surface area contributed by atoms with E-state index in [0.29, 0.717) is 11.2 Å². The Kier molecular flexibility index (Phi) is 5.30. The molecule has 0 N–H and O–H groups in total. The van der Waals surface area contributed by atoms with E-state index in [1.807, 2.05) is 24.5 Å². The van der Waals surface area contributed by atoms with Crippen LogP contribution in [0, 0.1) is 0 Å². The second kappa shape index (κ2) is 8.22. The SMILES string of the molecule is Clc1ccc(CN2CCC(n3ncc4c(N5CCOCC5)ncnc43)CC2)cn1. The maximum atomic E-state index is 5.88. The van der Waals surface area contributed by atoms with Crippen LogP contribution in [0.25, 0.3) is 11.0 Å². The summed E-state index contributed by atoms with van der Waals surface area (Å²) in [5, 5.41) is 6.28. The second-order valence-corrected chi connectivity index (χ2v) is 8.01. The van der Waals surface area contributed by atoms with E-state index in [1.165, 1.54) is 5.56 Å². The fourth-order valence-corrected chi connectivity index (χ4v) is 4.34. The van der Waals surface area contributed by atoms with Gasteiger partial charge in [-0.05, 0) is 24.5 Å². The molecule has 0 saturated carbocycles. The first-order chi connectivity index (χ1) is 14.3. The molecule has 9 heteroatoms. The summed E-state index contributed by atoms with van der Waals surface area (Å²) in [4.78, 5) is 18.0. The van der Waals surface area contributed by atoms with Gasteiger partial charge in [0.05, 0.1) is 30.8 Å². The highest BCUT2D eigenvalue weighted by Crippen LogP contribution is 2.29. The standard InChI is InChI=1S/C20H24ClN7O/c21-18-2-1-15(11-22-18)13-26-5-3-16(4-6-26)28-20-17(12-25-28)19(23-14-24-20)27-7-9-29-10-8-27/h1-2,11-12,14,16H,3-10,13H2. The van der Waals surface area contributed by atoms with E-state index in [1.54, 1.807) is 6.33 Å². The van der Waals surface area contributed by atoms with Crippen LogP contribution in [0.5, 0.6) is 0 Å². The fourth-order valence-electron chi connectivity index (χ4n) is 4.22. The summed E-state index contributed by atoms with van der Waals surface area (Å²) < 4.78 is 7.57. The molecule has 2 fully saturated rings. The molecule has 3 aromatic heterocycles. The number of nitrogens with zero attached hydrogens (tertiary/aromatic N) is 7. The maximum Gasteiger partial charge on any atom is 0.163 e. The van der Waals surface area contributed by atoms with Gasteiger partial charge in [0.1, 0.15) is 17.3 Å². The van der Waals surface area contributed by atoms with Gasteiger partial charge in [0.25, 0.3) is 0 Å². The normalized spacial score (nSPS) is 19.1. The number of morpholine rings is 1. The van der Waals surface area contributed by atoms with Crippen molar-refractivity contribution in [2.24, 2.45) is 0 Å². The first kappa shape index (κ1) is 18.7. The quantitative estimate of drug-likeness (QED) is 0.608. The van der Waals surface area contributed by atoms with Crippen molar-refractivity contribution in [2.45, 2.75) is 25.4 Å². The topological polar surface area (TPSA) is 72.2 Å². The lowest BCUT2D eigenvalue weighted by molar-refractivity contribution is 0.122. The Balaban J connectivity index is 1.29. The molecule has 0 bridgehead atoms. The predicted molar refractivity (Wildman–Crippen MR) is 111 cm³/mol. The molecule has 0 amide bonds. The van der Waals surface area contributed by atoms with Crippen LogP contribution in [0.4, 0.5) is 5.82 Å². The molecular weight excluding hydrogens is 390 g/mol.